The second-order valence-electron chi connectivity index (χ2n) is 7.52. The minimum absolute atomic E-state index is 0.0946. The highest BCUT2D eigenvalue weighted by atomic mass is 32.1. The van der Waals surface area contributed by atoms with Crippen molar-refractivity contribution in [2.75, 3.05) is 0 Å². The number of hydrogen-bond acceptors (Lipinski definition) is 8. The lowest BCUT2D eigenvalue weighted by Gasteiger charge is -2.11. The molecule has 1 aliphatic carbocycles. The summed E-state index contributed by atoms with van der Waals surface area (Å²) < 4.78 is 3.58. The number of hydrogen-bond donors (Lipinski definition) is 2. The Labute approximate surface area is 171 Å². The van der Waals surface area contributed by atoms with Crippen molar-refractivity contribution in [1.82, 2.24) is 34.6 Å². The first-order valence-electron chi connectivity index (χ1n) is 9.16. The number of nitrogens with zero attached hydrogens (tertiary/aromatic N) is 7. The highest BCUT2D eigenvalue weighted by Crippen LogP contribution is 2.56. The van der Waals surface area contributed by atoms with Crippen LogP contribution in [0.25, 0.3) is 17.0 Å². The molecular formula is C18H18BN7O2S. The molecule has 0 bridgehead atoms. The van der Waals surface area contributed by atoms with Crippen LogP contribution < -0.4 is 0 Å². The van der Waals surface area contributed by atoms with Crippen LogP contribution in [-0.2, 0) is 12.7 Å². The summed E-state index contributed by atoms with van der Waals surface area (Å²) in [4.78, 5) is 5.01. The lowest BCUT2D eigenvalue weighted by atomic mass is 9.96. The molecule has 0 spiro atoms. The molecule has 2 unspecified atom stereocenters. The van der Waals surface area contributed by atoms with Crippen LogP contribution in [0, 0.1) is 13.8 Å². The largest absolute Gasteiger partial charge is 0.368 e. The Kier molecular flexibility index (Phi) is 3.93. The van der Waals surface area contributed by atoms with Gasteiger partial charge in [0, 0.05) is 30.0 Å². The van der Waals surface area contributed by atoms with Gasteiger partial charge in [0.25, 0.3) is 0 Å². The molecule has 146 valence electrons. The molecule has 1 fully saturated rings. The Hall–Kier alpha value is -2.63. The summed E-state index contributed by atoms with van der Waals surface area (Å²) in [6.45, 7) is 3.86. The molecule has 1 saturated carbocycles. The predicted molar refractivity (Wildman–Crippen MR) is 107 cm³/mol. The van der Waals surface area contributed by atoms with E-state index < -0.39 is 5.69 Å². The molecule has 29 heavy (non-hydrogen) atoms. The van der Waals surface area contributed by atoms with E-state index in [2.05, 4.69) is 26.3 Å². The maximum absolute atomic E-state index is 9.50. The van der Waals surface area contributed by atoms with Gasteiger partial charge in [-0.05, 0) is 38.0 Å². The molecule has 4 aromatic heterocycles. The van der Waals surface area contributed by atoms with Crippen molar-refractivity contribution in [2.45, 2.75) is 37.8 Å². The molecule has 0 aliphatic heterocycles. The van der Waals surface area contributed by atoms with Gasteiger partial charge in [0.05, 0.1) is 11.4 Å². The van der Waals surface area contributed by atoms with Crippen molar-refractivity contribution < 1.29 is 10.2 Å². The van der Waals surface area contributed by atoms with Crippen LogP contribution >= 0.6 is 11.3 Å². The van der Waals surface area contributed by atoms with Crippen LogP contribution in [0.1, 0.15) is 45.2 Å². The molecule has 0 amide bonds. The van der Waals surface area contributed by atoms with E-state index in [1.165, 1.54) is 11.3 Å². The smallest absolute Gasteiger partial charge is 0.180 e. The molecule has 0 aromatic carbocycles. The van der Waals surface area contributed by atoms with Crippen molar-refractivity contribution in [3.63, 3.8) is 0 Å². The first kappa shape index (κ1) is 18.4. The van der Waals surface area contributed by atoms with E-state index in [0.29, 0.717) is 0 Å². The quantitative estimate of drug-likeness (QED) is 0.385. The number of aliphatic hydroxyl groups is 2. The van der Waals surface area contributed by atoms with E-state index in [4.69, 9.17) is 12.9 Å². The average molecular weight is 407 g/mol. The molecule has 2 N–H and O–H groups in total. The van der Waals surface area contributed by atoms with E-state index in [1.807, 2.05) is 31.6 Å². The van der Waals surface area contributed by atoms with Crippen LogP contribution in [-0.4, -0.2) is 52.6 Å². The summed E-state index contributed by atoms with van der Waals surface area (Å²) in [6.07, 6.45) is 2.60. The van der Waals surface area contributed by atoms with Crippen molar-refractivity contribution in [3.8, 4) is 11.4 Å². The Morgan fingerprint density at radius 2 is 1.97 bits per heavy atom. The van der Waals surface area contributed by atoms with Gasteiger partial charge in [-0.3, -0.25) is 4.68 Å². The molecule has 5 rings (SSSR count). The molecule has 2 radical (unpaired) electrons. The van der Waals surface area contributed by atoms with Crippen LogP contribution in [0.3, 0.4) is 0 Å². The zero-order chi connectivity index (χ0) is 20.5. The van der Waals surface area contributed by atoms with E-state index in [9.17, 15) is 10.2 Å². The predicted octanol–water partition coefficient (Wildman–Crippen LogP) is 1.13. The number of aromatic nitrogens is 7. The third-order valence-corrected chi connectivity index (χ3v) is 6.49. The van der Waals surface area contributed by atoms with Crippen molar-refractivity contribution in [2.24, 2.45) is 7.05 Å². The Bertz CT molecular complexity index is 1240. The van der Waals surface area contributed by atoms with Crippen LogP contribution in [0.5, 0.6) is 0 Å². The normalized spacial score (nSPS) is 19.2. The standard InChI is InChI=1S/C18H18BN7O2S/c1-8-4-13(24-26-9(2)21-22-16(8)26)14-6-12(23-25(14)3)10-5-11(10)15-7-20-17(29-15)18(19,27)28/h4,6-7,10-11,27-28H,5H2,1-3H3. The van der Waals surface area contributed by atoms with E-state index in [1.54, 1.807) is 10.7 Å². The van der Waals surface area contributed by atoms with Crippen molar-refractivity contribution >= 4 is 24.8 Å². The zero-order valence-corrected chi connectivity index (χ0v) is 16.9. The summed E-state index contributed by atoms with van der Waals surface area (Å²) in [7, 11) is 7.21. The minimum atomic E-state index is -2.39. The van der Waals surface area contributed by atoms with Gasteiger partial charge in [-0.15, -0.1) is 21.5 Å². The average Bonchev–Trinajstić information content (AvgIpc) is 2.99. The number of thiazole rings is 1. The second-order valence-corrected chi connectivity index (χ2v) is 8.58. The van der Waals surface area contributed by atoms with Gasteiger partial charge in [-0.1, -0.05) is 0 Å². The molecular weight excluding hydrogens is 389 g/mol. The lowest BCUT2D eigenvalue weighted by molar-refractivity contribution is -0.0910. The summed E-state index contributed by atoms with van der Waals surface area (Å²) in [5.74, 6) is 1.25. The highest BCUT2D eigenvalue weighted by molar-refractivity contribution is 7.12. The Morgan fingerprint density at radius 1 is 1.17 bits per heavy atom. The van der Waals surface area contributed by atoms with Crippen molar-refractivity contribution in [1.29, 1.82) is 0 Å². The molecule has 9 nitrogen and oxygen atoms in total. The van der Waals surface area contributed by atoms with Gasteiger partial charge < -0.3 is 10.2 Å². The number of rotatable bonds is 4. The third kappa shape index (κ3) is 3.05. The molecule has 4 heterocycles. The maximum atomic E-state index is 9.50. The summed E-state index contributed by atoms with van der Waals surface area (Å²) >= 11 is 1.22. The van der Waals surface area contributed by atoms with Gasteiger partial charge >= 0.3 is 0 Å². The first-order valence-corrected chi connectivity index (χ1v) is 9.98. The third-order valence-electron chi connectivity index (χ3n) is 5.25. The zero-order valence-electron chi connectivity index (χ0n) is 16.1. The summed E-state index contributed by atoms with van der Waals surface area (Å²) in [5, 5.41) is 36.7. The number of fused-ring (bicyclic) bond motifs is 1. The van der Waals surface area contributed by atoms with Crippen LogP contribution in [0.2, 0.25) is 0 Å². The SMILES string of the molecule is [B]C(O)(O)c1ncc(C2CC2c2cc(-c3cc(C)c4nnc(C)n4n3)n(C)n2)s1. The fourth-order valence-electron chi connectivity index (χ4n) is 3.63. The molecule has 4 aromatic rings. The van der Waals surface area contributed by atoms with Gasteiger partial charge in [-0.25, -0.2) is 4.98 Å². The Balaban J connectivity index is 1.45. The maximum Gasteiger partial charge on any atom is 0.180 e. The first-order chi connectivity index (χ1) is 13.7. The molecule has 1 aliphatic rings. The fourth-order valence-corrected chi connectivity index (χ4v) is 4.63. The van der Waals surface area contributed by atoms with Crippen molar-refractivity contribution in [3.05, 3.63) is 45.3 Å². The summed E-state index contributed by atoms with van der Waals surface area (Å²) in [5.41, 5.74) is 2.06. The number of aryl methyl sites for hydroxylation is 3. The van der Waals surface area contributed by atoms with E-state index in [0.717, 1.165) is 45.4 Å². The van der Waals surface area contributed by atoms with E-state index in [-0.39, 0.29) is 16.8 Å². The highest BCUT2D eigenvalue weighted by Gasteiger charge is 2.43. The summed E-state index contributed by atoms with van der Waals surface area (Å²) in [6, 6.07) is 4.05. The topological polar surface area (TPSA) is 114 Å². The Morgan fingerprint density at radius 3 is 2.69 bits per heavy atom. The monoisotopic (exact) mass is 407 g/mol. The fraction of sp³-hybridized carbons (Fsp3) is 0.389. The molecule has 11 heteroatoms. The lowest BCUT2D eigenvalue weighted by Crippen LogP contribution is -2.24. The van der Waals surface area contributed by atoms with Gasteiger partial charge in [0.1, 0.15) is 10.7 Å². The van der Waals surface area contributed by atoms with Crippen LogP contribution in [0.4, 0.5) is 0 Å². The molecule has 0 saturated heterocycles. The molecule has 2 atom stereocenters. The van der Waals surface area contributed by atoms with Gasteiger partial charge in [0.2, 0.25) is 0 Å². The van der Waals surface area contributed by atoms with E-state index >= 15 is 0 Å². The van der Waals surface area contributed by atoms with Crippen LogP contribution in [0.15, 0.2) is 18.3 Å². The minimum Gasteiger partial charge on any atom is -0.368 e. The van der Waals surface area contributed by atoms with Gasteiger partial charge in [0.15, 0.2) is 25.0 Å². The second kappa shape index (κ2) is 6.18. The van der Waals surface area contributed by atoms with Gasteiger partial charge in [-0.2, -0.15) is 14.7 Å².